The highest BCUT2D eigenvalue weighted by Gasteiger charge is 1.93. The Kier molecular flexibility index (Phi) is 3.47. The zero-order valence-electron chi connectivity index (χ0n) is 7.72. The number of hydrogen-bond donors (Lipinski definition) is 1. The number of hydrazone groups is 1. The number of rotatable bonds is 3. The van der Waals surface area contributed by atoms with Crippen molar-refractivity contribution < 1.29 is 0 Å². The van der Waals surface area contributed by atoms with Gasteiger partial charge in [-0.05, 0) is 6.07 Å². The van der Waals surface area contributed by atoms with Crippen molar-refractivity contribution >= 4 is 38.6 Å². The second kappa shape index (κ2) is 5.04. The second-order valence-corrected chi connectivity index (χ2v) is 4.48. The first kappa shape index (κ1) is 10.3. The van der Waals surface area contributed by atoms with Crippen molar-refractivity contribution in [1.82, 2.24) is 4.98 Å². The Morgan fingerprint density at radius 3 is 3.00 bits per heavy atom. The van der Waals surface area contributed by atoms with E-state index in [-0.39, 0.29) is 0 Å². The summed E-state index contributed by atoms with van der Waals surface area (Å²) in [5, 5.41) is 6.78. The van der Waals surface area contributed by atoms with Crippen molar-refractivity contribution in [2.75, 3.05) is 5.43 Å². The van der Waals surface area contributed by atoms with E-state index in [1.165, 1.54) is 11.3 Å². The zero-order valence-corrected chi connectivity index (χ0v) is 10.1. The van der Waals surface area contributed by atoms with Crippen molar-refractivity contribution in [2.24, 2.45) is 5.10 Å². The number of aromatic nitrogens is 1. The SMILES string of the molecule is Brc1ccccc1/C=N/Nc1nccs1. The zero-order chi connectivity index (χ0) is 10.5. The highest BCUT2D eigenvalue weighted by molar-refractivity contribution is 9.10. The first-order valence-corrected chi connectivity index (χ1v) is 5.96. The molecule has 2 aromatic rings. The average molecular weight is 282 g/mol. The van der Waals surface area contributed by atoms with Gasteiger partial charge >= 0.3 is 0 Å². The van der Waals surface area contributed by atoms with E-state index in [1.807, 2.05) is 29.6 Å². The molecule has 0 aliphatic heterocycles. The molecule has 0 fully saturated rings. The molecule has 0 radical (unpaired) electrons. The highest BCUT2D eigenvalue weighted by Crippen LogP contribution is 2.14. The summed E-state index contributed by atoms with van der Waals surface area (Å²) in [6.07, 6.45) is 3.49. The van der Waals surface area contributed by atoms with Crippen molar-refractivity contribution in [3.63, 3.8) is 0 Å². The van der Waals surface area contributed by atoms with Crippen LogP contribution < -0.4 is 5.43 Å². The summed E-state index contributed by atoms with van der Waals surface area (Å²) in [4.78, 5) is 4.05. The van der Waals surface area contributed by atoms with Gasteiger partial charge in [0.05, 0.1) is 6.21 Å². The molecule has 0 spiro atoms. The third-order valence-electron chi connectivity index (χ3n) is 1.70. The average Bonchev–Trinajstić information content (AvgIpc) is 2.74. The monoisotopic (exact) mass is 281 g/mol. The standard InChI is InChI=1S/C10H8BrN3S/c11-9-4-2-1-3-8(9)7-13-14-10-12-5-6-15-10/h1-7H,(H,12,14)/b13-7+. The number of benzene rings is 1. The van der Waals surface area contributed by atoms with E-state index in [0.29, 0.717) is 0 Å². The van der Waals surface area contributed by atoms with Crippen LogP contribution in [0.5, 0.6) is 0 Å². The molecule has 0 aliphatic carbocycles. The molecular weight excluding hydrogens is 274 g/mol. The van der Waals surface area contributed by atoms with Gasteiger partial charge in [0.1, 0.15) is 0 Å². The van der Waals surface area contributed by atoms with E-state index in [9.17, 15) is 0 Å². The molecule has 0 saturated heterocycles. The van der Waals surface area contributed by atoms with Gasteiger partial charge < -0.3 is 0 Å². The molecule has 1 heterocycles. The molecule has 1 aromatic heterocycles. The minimum absolute atomic E-state index is 0.790. The van der Waals surface area contributed by atoms with E-state index in [4.69, 9.17) is 0 Å². The van der Waals surface area contributed by atoms with Gasteiger partial charge in [-0.2, -0.15) is 5.10 Å². The Hall–Kier alpha value is -1.20. The number of hydrogen-bond acceptors (Lipinski definition) is 4. The van der Waals surface area contributed by atoms with Crippen LogP contribution >= 0.6 is 27.3 Å². The van der Waals surface area contributed by atoms with Gasteiger partial charge in [-0.25, -0.2) is 4.98 Å². The third-order valence-corrected chi connectivity index (χ3v) is 3.10. The summed E-state index contributed by atoms with van der Waals surface area (Å²) in [5.41, 5.74) is 3.89. The van der Waals surface area contributed by atoms with E-state index in [0.717, 1.165) is 15.2 Å². The summed E-state index contributed by atoms with van der Waals surface area (Å²) in [6, 6.07) is 7.90. The summed E-state index contributed by atoms with van der Waals surface area (Å²) in [6.45, 7) is 0. The fourth-order valence-electron chi connectivity index (χ4n) is 1.02. The molecule has 15 heavy (non-hydrogen) atoms. The summed E-state index contributed by atoms with van der Waals surface area (Å²) in [5.74, 6) is 0. The van der Waals surface area contributed by atoms with Gasteiger partial charge in [0.25, 0.3) is 0 Å². The number of nitrogens with zero attached hydrogens (tertiary/aromatic N) is 2. The number of halogens is 1. The van der Waals surface area contributed by atoms with Gasteiger partial charge in [-0.3, -0.25) is 5.43 Å². The Balaban J connectivity index is 2.03. The van der Waals surface area contributed by atoms with Crippen molar-refractivity contribution in [3.8, 4) is 0 Å². The predicted octanol–water partition coefficient (Wildman–Crippen LogP) is 3.35. The van der Waals surface area contributed by atoms with E-state index in [1.54, 1.807) is 12.4 Å². The van der Waals surface area contributed by atoms with E-state index in [2.05, 4.69) is 31.4 Å². The van der Waals surface area contributed by atoms with Gasteiger partial charge in [-0.1, -0.05) is 34.1 Å². The topological polar surface area (TPSA) is 37.3 Å². The van der Waals surface area contributed by atoms with Crippen molar-refractivity contribution in [2.45, 2.75) is 0 Å². The summed E-state index contributed by atoms with van der Waals surface area (Å²) >= 11 is 4.96. The summed E-state index contributed by atoms with van der Waals surface area (Å²) < 4.78 is 1.02. The quantitative estimate of drug-likeness (QED) is 0.692. The smallest absolute Gasteiger partial charge is 0.203 e. The normalized spacial score (nSPS) is 10.7. The molecule has 1 aromatic carbocycles. The number of thiazole rings is 1. The minimum atomic E-state index is 0.790. The molecule has 0 amide bonds. The largest absolute Gasteiger partial charge is 0.253 e. The fourth-order valence-corrected chi connectivity index (χ4v) is 1.88. The molecule has 0 aliphatic rings. The molecule has 5 heteroatoms. The second-order valence-electron chi connectivity index (χ2n) is 2.73. The van der Waals surface area contributed by atoms with Gasteiger partial charge in [0.15, 0.2) is 0 Å². The Morgan fingerprint density at radius 1 is 1.40 bits per heavy atom. The molecule has 3 nitrogen and oxygen atoms in total. The van der Waals surface area contributed by atoms with Crippen LogP contribution in [0, 0.1) is 0 Å². The molecule has 0 saturated carbocycles. The molecule has 0 bridgehead atoms. The van der Waals surface area contributed by atoms with Crippen LogP contribution in [0.2, 0.25) is 0 Å². The van der Waals surface area contributed by atoms with Crippen LogP contribution in [-0.4, -0.2) is 11.2 Å². The number of nitrogens with one attached hydrogen (secondary N) is 1. The van der Waals surface area contributed by atoms with Crippen LogP contribution in [0.25, 0.3) is 0 Å². The van der Waals surface area contributed by atoms with Crippen LogP contribution in [0.15, 0.2) is 45.4 Å². The highest BCUT2D eigenvalue weighted by atomic mass is 79.9. The Labute approximate surface area is 100.0 Å². The molecule has 1 N–H and O–H groups in total. The lowest BCUT2D eigenvalue weighted by atomic mass is 10.2. The molecular formula is C10H8BrN3S. The number of anilines is 1. The fraction of sp³-hybridized carbons (Fsp3) is 0. The Bertz CT molecular complexity index is 453. The van der Waals surface area contributed by atoms with Gasteiger partial charge in [0.2, 0.25) is 5.13 Å². The molecule has 2 rings (SSSR count). The minimum Gasteiger partial charge on any atom is -0.253 e. The van der Waals surface area contributed by atoms with Gasteiger partial charge in [-0.15, -0.1) is 11.3 Å². The molecule has 0 atom stereocenters. The van der Waals surface area contributed by atoms with Crippen molar-refractivity contribution in [1.29, 1.82) is 0 Å². The molecule has 76 valence electrons. The maximum Gasteiger partial charge on any atom is 0.203 e. The lowest BCUT2D eigenvalue weighted by Gasteiger charge is -1.96. The van der Waals surface area contributed by atoms with Gasteiger partial charge in [0, 0.05) is 21.6 Å². The Morgan fingerprint density at radius 2 is 2.27 bits per heavy atom. The predicted molar refractivity (Wildman–Crippen MR) is 67.5 cm³/mol. The van der Waals surface area contributed by atoms with E-state index >= 15 is 0 Å². The third kappa shape index (κ3) is 2.87. The van der Waals surface area contributed by atoms with E-state index < -0.39 is 0 Å². The van der Waals surface area contributed by atoms with Crippen LogP contribution in [0.3, 0.4) is 0 Å². The summed E-state index contributed by atoms with van der Waals surface area (Å²) in [7, 11) is 0. The maximum atomic E-state index is 4.09. The van der Waals surface area contributed by atoms with Crippen molar-refractivity contribution in [3.05, 3.63) is 45.9 Å². The lowest BCUT2D eigenvalue weighted by Crippen LogP contribution is -1.90. The van der Waals surface area contributed by atoms with Crippen LogP contribution in [0.1, 0.15) is 5.56 Å². The first-order valence-electron chi connectivity index (χ1n) is 4.29. The van der Waals surface area contributed by atoms with Crippen LogP contribution in [-0.2, 0) is 0 Å². The lowest BCUT2D eigenvalue weighted by molar-refractivity contribution is 1.29. The first-order chi connectivity index (χ1) is 7.36. The maximum absolute atomic E-state index is 4.09. The molecule has 0 unspecified atom stereocenters. The van der Waals surface area contributed by atoms with Crippen LogP contribution in [0.4, 0.5) is 5.13 Å².